The quantitative estimate of drug-likeness (QED) is 0.826. The van der Waals surface area contributed by atoms with E-state index in [1.54, 1.807) is 24.1 Å². The Hall–Kier alpha value is -2.08. The number of β-amino-alcohol motifs (C(OH)–C–C–N with tert-alkyl or cyclic N) is 1. The molecule has 1 aliphatic heterocycles. The Kier molecular flexibility index (Phi) is 5.83. The molecule has 2 rings (SSSR count). The highest BCUT2D eigenvalue weighted by Crippen LogP contribution is 2.37. The van der Waals surface area contributed by atoms with Crippen LogP contribution in [0.2, 0.25) is 0 Å². The number of likely N-dealkylation sites (tertiary alicyclic amines) is 1. The number of rotatable bonds is 6. The van der Waals surface area contributed by atoms with Crippen LogP contribution in [0.1, 0.15) is 31.7 Å². The van der Waals surface area contributed by atoms with Gasteiger partial charge in [0.25, 0.3) is 0 Å². The maximum Gasteiger partial charge on any atom is 0.312 e. The summed E-state index contributed by atoms with van der Waals surface area (Å²) in [6, 6.07) is 7.25. The van der Waals surface area contributed by atoms with Crippen LogP contribution >= 0.6 is 0 Å². The minimum atomic E-state index is -1.13. The van der Waals surface area contributed by atoms with E-state index in [0.717, 1.165) is 11.3 Å². The number of hydrogen-bond acceptors (Lipinski definition) is 4. The average molecular weight is 335 g/mol. The van der Waals surface area contributed by atoms with Crippen molar-refractivity contribution in [2.24, 2.45) is 5.41 Å². The third kappa shape index (κ3) is 3.70. The fourth-order valence-electron chi connectivity index (χ4n) is 3.33. The third-order valence-corrected chi connectivity index (χ3v) is 4.85. The molecule has 6 nitrogen and oxygen atoms in total. The van der Waals surface area contributed by atoms with E-state index in [1.807, 2.05) is 19.1 Å². The smallest absolute Gasteiger partial charge is 0.312 e. The predicted octanol–water partition coefficient (Wildman–Crippen LogP) is 1.70. The van der Waals surface area contributed by atoms with Crippen LogP contribution in [0.3, 0.4) is 0 Å². The highest BCUT2D eigenvalue weighted by Gasteiger charge is 2.48. The molecular formula is C18H25NO5. The first kappa shape index (κ1) is 18.3. The van der Waals surface area contributed by atoms with E-state index in [0.29, 0.717) is 19.4 Å². The molecule has 0 unspecified atom stereocenters. The molecule has 1 amide bonds. The lowest BCUT2D eigenvalue weighted by Crippen LogP contribution is -2.56. The highest BCUT2D eigenvalue weighted by molar-refractivity contribution is 5.80. The zero-order valence-corrected chi connectivity index (χ0v) is 14.2. The summed E-state index contributed by atoms with van der Waals surface area (Å²) in [6.45, 7) is 2.33. The van der Waals surface area contributed by atoms with E-state index >= 15 is 0 Å². The number of piperidine rings is 1. The Morgan fingerprint density at radius 2 is 2.00 bits per heavy atom. The molecule has 0 saturated carbocycles. The molecule has 1 aliphatic rings. The van der Waals surface area contributed by atoms with Gasteiger partial charge >= 0.3 is 5.97 Å². The van der Waals surface area contributed by atoms with Crippen LogP contribution < -0.4 is 4.74 Å². The van der Waals surface area contributed by atoms with Crippen molar-refractivity contribution in [3.63, 3.8) is 0 Å². The number of aliphatic hydroxyl groups is 1. The second kappa shape index (κ2) is 7.66. The topological polar surface area (TPSA) is 87.1 Å². The second-order valence-corrected chi connectivity index (χ2v) is 6.34. The van der Waals surface area contributed by atoms with Gasteiger partial charge in [-0.2, -0.15) is 0 Å². The number of carboxylic acid groups (broad SMARTS) is 1. The molecule has 24 heavy (non-hydrogen) atoms. The summed E-state index contributed by atoms with van der Waals surface area (Å²) in [5.74, 6) is -0.348. The third-order valence-electron chi connectivity index (χ3n) is 4.85. The lowest BCUT2D eigenvalue weighted by Gasteiger charge is -2.42. The maximum absolute atomic E-state index is 12.4. The van der Waals surface area contributed by atoms with Crippen LogP contribution in [-0.2, 0) is 16.0 Å². The van der Waals surface area contributed by atoms with Gasteiger partial charge in [-0.15, -0.1) is 0 Å². The molecule has 0 spiro atoms. The van der Waals surface area contributed by atoms with Gasteiger partial charge in [0.2, 0.25) is 5.91 Å². The molecule has 0 radical (unpaired) electrons. The van der Waals surface area contributed by atoms with Crippen molar-refractivity contribution >= 4 is 11.9 Å². The van der Waals surface area contributed by atoms with Crippen LogP contribution in [0.15, 0.2) is 24.3 Å². The lowest BCUT2D eigenvalue weighted by atomic mass is 9.72. The van der Waals surface area contributed by atoms with Crippen molar-refractivity contribution in [2.45, 2.75) is 38.7 Å². The van der Waals surface area contributed by atoms with Gasteiger partial charge in [-0.1, -0.05) is 25.5 Å². The molecule has 1 aromatic rings. The number of aliphatic carboxylic acids is 1. The van der Waals surface area contributed by atoms with E-state index in [1.165, 1.54) is 0 Å². The van der Waals surface area contributed by atoms with E-state index in [-0.39, 0.29) is 25.3 Å². The van der Waals surface area contributed by atoms with Crippen molar-refractivity contribution in [1.29, 1.82) is 0 Å². The van der Waals surface area contributed by atoms with Crippen LogP contribution in [0, 0.1) is 5.41 Å². The molecule has 2 atom stereocenters. The summed E-state index contributed by atoms with van der Waals surface area (Å²) >= 11 is 0. The Morgan fingerprint density at radius 1 is 1.33 bits per heavy atom. The molecule has 0 bridgehead atoms. The van der Waals surface area contributed by atoms with Gasteiger partial charge in [-0.05, 0) is 30.5 Å². The van der Waals surface area contributed by atoms with Gasteiger partial charge in [-0.25, -0.2) is 0 Å². The molecule has 1 saturated heterocycles. The van der Waals surface area contributed by atoms with E-state index in [2.05, 4.69) is 0 Å². The number of benzene rings is 1. The summed E-state index contributed by atoms with van der Waals surface area (Å²) in [6.07, 6.45) is 0.576. The van der Waals surface area contributed by atoms with Crippen LogP contribution in [0.4, 0.5) is 0 Å². The minimum absolute atomic E-state index is 0.0707. The molecule has 1 aromatic carbocycles. The second-order valence-electron chi connectivity index (χ2n) is 6.34. The number of hydrogen-bond donors (Lipinski definition) is 2. The van der Waals surface area contributed by atoms with Crippen molar-refractivity contribution in [3.05, 3.63) is 29.8 Å². The summed E-state index contributed by atoms with van der Waals surface area (Å²) in [5, 5.41) is 19.9. The Balaban J connectivity index is 2.01. The molecule has 1 heterocycles. The number of nitrogens with zero attached hydrogens (tertiary/aromatic N) is 1. The van der Waals surface area contributed by atoms with Crippen LogP contribution in [0.25, 0.3) is 0 Å². The zero-order valence-electron chi connectivity index (χ0n) is 14.2. The van der Waals surface area contributed by atoms with Crippen molar-refractivity contribution in [1.82, 2.24) is 4.90 Å². The van der Waals surface area contributed by atoms with Gasteiger partial charge in [0.1, 0.15) is 5.75 Å². The van der Waals surface area contributed by atoms with Gasteiger partial charge in [0, 0.05) is 13.1 Å². The molecule has 0 aliphatic carbocycles. The van der Waals surface area contributed by atoms with E-state index < -0.39 is 17.5 Å². The zero-order chi connectivity index (χ0) is 17.7. The maximum atomic E-state index is 12.4. The lowest BCUT2D eigenvalue weighted by molar-refractivity contribution is -0.167. The molecule has 2 N–H and O–H groups in total. The molecular weight excluding hydrogens is 310 g/mol. The van der Waals surface area contributed by atoms with Crippen molar-refractivity contribution in [2.75, 3.05) is 20.2 Å². The van der Waals surface area contributed by atoms with Crippen molar-refractivity contribution < 1.29 is 24.5 Å². The predicted molar refractivity (Wildman–Crippen MR) is 88.9 cm³/mol. The van der Waals surface area contributed by atoms with Crippen molar-refractivity contribution in [3.8, 4) is 5.75 Å². The molecule has 132 valence electrons. The first-order valence-electron chi connectivity index (χ1n) is 8.25. The SMILES string of the molecule is CCC[C@]1(C(=O)O)CCN(C(=O)Cc2ccc(OC)cc2)C[C@@H]1O. The molecule has 0 aromatic heterocycles. The Morgan fingerprint density at radius 3 is 2.50 bits per heavy atom. The largest absolute Gasteiger partial charge is 0.497 e. The Bertz CT molecular complexity index is 586. The number of amides is 1. The first-order valence-corrected chi connectivity index (χ1v) is 8.25. The summed E-state index contributed by atoms with van der Waals surface area (Å²) in [4.78, 5) is 25.6. The van der Waals surface area contributed by atoms with Gasteiger partial charge < -0.3 is 19.8 Å². The summed E-state index contributed by atoms with van der Waals surface area (Å²) in [5.41, 5.74) is -0.273. The monoisotopic (exact) mass is 335 g/mol. The number of carbonyl (C=O) groups excluding carboxylic acids is 1. The van der Waals surface area contributed by atoms with Crippen LogP contribution in [0.5, 0.6) is 5.75 Å². The Labute approximate surface area is 142 Å². The summed E-state index contributed by atoms with van der Waals surface area (Å²) in [7, 11) is 1.58. The minimum Gasteiger partial charge on any atom is -0.497 e. The summed E-state index contributed by atoms with van der Waals surface area (Å²) < 4.78 is 5.09. The average Bonchev–Trinajstić information content (AvgIpc) is 2.57. The molecule has 1 fully saturated rings. The van der Waals surface area contributed by atoms with E-state index in [9.17, 15) is 19.8 Å². The number of ether oxygens (including phenoxy) is 1. The fraction of sp³-hybridized carbons (Fsp3) is 0.556. The number of carboxylic acids is 1. The van der Waals surface area contributed by atoms with Crippen LogP contribution in [-0.4, -0.2) is 53.3 Å². The van der Waals surface area contributed by atoms with Gasteiger partial charge in [0.05, 0.1) is 25.0 Å². The standard InChI is InChI=1S/C18H25NO5/c1-3-8-18(17(22)23)9-10-19(12-15(18)20)16(21)11-13-4-6-14(24-2)7-5-13/h4-7,15,20H,3,8-12H2,1-2H3,(H,22,23)/t15-,18-/m0/s1. The van der Waals surface area contributed by atoms with E-state index in [4.69, 9.17) is 4.74 Å². The highest BCUT2D eigenvalue weighted by atomic mass is 16.5. The van der Waals surface area contributed by atoms with Gasteiger partial charge in [-0.3, -0.25) is 9.59 Å². The number of aliphatic hydroxyl groups excluding tert-OH is 1. The van der Waals surface area contributed by atoms with Gasteiger partial charge in [0.15, 0.2) is 0 Å². The molecule has 6 heteroatoms. The fourth-order valence-corrected chi connectivity index (χ4v) is 3.33. The normalized spacial score (nSPS) is 23.8. The number of methoxy groups -OCH3 is 1. The number of carbonyl (C=O) groups is 2. The first-order chi connectivity index (χ1) is 11.4.